The van der Waals surface area contributed by atoms with Crippen molar-refractivity contribution in [2.45, 2.75) is 36.8 Å². The number of hydrogen-bond donors (Lipinski definition) is 1. The number of hydrogen-bond acceptors (Lipinski definition) is 4. The molecule has 1 aliphatic carbocycles. The summed E-state index contributed by atoms with van der Waals surface area (Å²) in [5.74, 6) is 1.87. The molecule has 1 saturated carbocycles. The molecule has 0 unspecified atom stereocenters. The lowest BCUT2D eigenvalue weighted by Gasteiger charge is -2.09. The molecular formula is C16H19BrN4OS. The SMILES string of the molecule is Cn1c(SCC(=O)Nc2ccc(Br)cc2)nnc1C1CCCC1. The van der Waals surface area contributed by atoms with E-state index in [0.29, 0.717) is 11.7 Å². The predicted molar refractivity (Wildman–Crippen MR) is 95.7 cm³/mol. The number of halogens is 1. The Morgan fingerprint density at radius 3 is 2.70 bits per heavy atom. The number of benzene rings is 1. The van der Waals surface area contributed by atoms with Gasteiger partial charge >= 0.3 is 0 Å². The van der Waals surface area contributed by atoms with Gasteiger partial charge in [0.2, 0.25) is 5.91 Å². The van der Waals surface area contributed by atoms with Crippen molar-refractivity contribution in [2.24, 2.45) is 7.05 Å². The first-order valence-corrected chi connectivity index (χ1v) is 9.49. The molecule has 0 saturated heterocycles. The van der Waals surface area contributed by atoms with Gasteiger partial charge in [0.1, 0.15) is 5.82 Å². The second-order valence-corrected chi connectivity index (χ2v) is 7.58. The zero-order valence-corrected chi connectivity index (χ0v) is 15.4. The fourth-order valence-electron chi connectivity index (χ4n) is 2.85. The molecule has 7 heteroatoms. The molecule has 0 radical (unpaired) electrons. The van der Waals surface area contributed by atoms with Crippen molar-refractivity contribution in [2.75, 3.05) is 11.1 Å². The van der Waals surface area contributed by atoms with Gasteiger partial charge in [-0.2, -0.15) is 0 Å². The van der Waals surface area contributed by atoms with Crippen LogP contribution in [0.4, 0.5) is 5.69 Å². The lowest BCUT2D eigenvalue weighted by molar-refractivity contribution is -0.113. The molecule has 1 aromatic heterocycles. The average Bonchev–Trinajstić information content (AvgIpc) is 3.17. The first kappa shape index (κ1) is 16.5. The van der Waals surface area contributed by atoms with Gasteiger partial charge in [0.25, 0.3) is 0 Å². The predicted octanol–water partition coefficient (Wildman–Crippen LogP) is 3.97. The highest BCUT2D eigenvalue weighted by atomic mass is 79.9. The molecule has 5 nitrogen and oxygen atoms in total. The van der Waals surface area contributed by atoms with Gasteiger partial charge in [-0.1, -0.05) is 40.5 Å². The van der Waals surface area contributed by atoms with Gasteiger partial charge < -0.3 is 9.88 Å². The van der Waals surface area contributed by atoms with Crippen LogP contribution >= 0.6 is 27.7 Å². The van der Waals surface area contributed by atoms with Crippen LogP contribution in [0.15, 0.2) is 33.9 Å². The van der Waals surface area contributed by atoms with Crippen LogP contribution in [0.1, 0.15) is 37.4 Å². The Bertz CT molecular complexity index is 680. The standard InChI is InChI=1S/C16H19BrN4OS/c1-21-15(11-4-2-3-5-11)19-20-16(21)23-10-14(22)18-13-8-6-12(17)7-9-13/h6-9,11H,2-5,10H2,1H3,(H,18,22). The minimum atomic E-state index is -0.0391. The van der Waals surface area contributed by atoms with E-state index in [0.717, 1.165) is 21.1 Å². The van der Waals surface area contributed by atoms with E-state index in [1.807, 2.05) is 35.9 Å². The Hall–Kier alpha value is -1.34. The van der Waals surface area contributed by atoms with E-state index in [-0.39, 0.29) is 5.91 Å². The summed E-state index contributed by atoms with van der Waals surface area (Å²) in [6, 6.07) is 7.54. The van der Waals surface area contributed by atoms with Crippen LogP contribution in [-0.4, -0.2) is 26.4 Å². The van der Waals surface area contributed by atoms with E-state index < -0.39 is 0 Å². The second kappa shape index (κ2) is 7.49. The first-order valence-electron chi connectivity index (χ1n) is 7.71. The lowest BCUT2D eigenvalue weighted by atomic mass is 10.1. The number of amides is 1. The van der Waals surface area contributed by atoms with E-state index in [2.05, 4.69) is 31.4 Å². The van der Waals surface area contributed by atoms with Gasteiger partial charge in [0.05, 0.1) is 5.75 Å². The van der Waals surface area contributed by atoms with Gasteiger partial charge in [0.15, 0.2) is 5.16 Å². The number of carbonyl (C=O) groups excluding carboxylic acids is 1. The summed E-state index contributed by atoms with van der Waals surface area (Å²) < 4.78 is 3.02. The van der Waals surface area contributed by atoms with Crippen LogP contribution in [0.5, 0.6) is 0 Å². The zero-order chi connectivity index (χ0) is 16.2. The minimum Gasteiger partial charge on any atom is -0.325 e. The van der Waals surface area contributed by atoms with E-state index in [1.165, 1.54) is 37.4 Å². The minimum absolute atomic E-state index is 0.0391. The fourth-order valence-corrected chi connectivity index (χ4v) is 3.83. The Balaban J connectivity index is 1.55. The van der Waals surface area contributed by atoms with E-state index in [4.69, 9.17) is 0 Å². The fraction of sp³-hybridized carbons (Fsp3) is 0.438. The Labute approximate surface area is 148 Å². The maximum atomic E-state index is 12.0. The molecule has 1 N–H and O–H groups in total. The molecule has 2 aromatic rings. The van der Waals surface area contributed by atoms with Crippen LogP contribution in [0.25, 0.3) is 0 Å². The number of aromatic nitrogens is 3. The smallest absolute Gasteiger partial charge is 0.234 e. The van der Waals surface area contributed by atoms with Gasteiger partial charge in [-0.3, -0.25) is 4.79 Å². The van der Waals surface area contributed by atoms with Crippen molar-refractivity contribution in [3.63, 3.8) is 0 Å². The molecular weight excluding hydrogens is 376 g/mol. The summed E-state index contributed by atoms with van der Waals surface area (Å²) in [5.41, 5.74) is 0.795. The number of nitrogens with zero attached hydrogens (tertiary/aromatic N) is 3. The Morgan fingerprint density at radius 1 is 1.30 bits per heavy atom. The van der Waals surface area contributed by atoms with Crippen molar-refractivity contribution < 1.29 is 4.79 Å². The third-order valence-electron chi connectivity index (χ3n) is 4.05. The average molecular weight is 395 g/mol. The van der Waals surface area contributed by atoms with Gasteiger partial charge in [-0.05, 0) is 37.1 Å². The topological polar surface area (TPSA) is 59.8 Å². The normalized spacial score (nSPS) is 15.0. The van der Waals surface area contributed by atoms with Crippen LogP contribution in [0, 0.1) is 0 Å². The number of carbonyl (C=O) groups is 1. The molecule has 0 atom stereocenters. The van der Waals surface area contributed by atoms with Crippen LogP contribution in [0.3, 0.4) is 0 Å². The zero-order valence-electron chi connectivity index (χ0n) is 13.0. The van der Waals surface area contributed by atoms with Crippen LogP contribution in [-0.2, 0) is 11.8 Å². The largest absolute Gasteiger partial charge is 0.325 e. The lowest BCUT2D eigenvalue weighted by Crippen LogP contribution is -2.14. The number of anilines is 1. The quantitative estimate of drug-likeness (QED) is 0.779. The van der Waals surface area contributed by atoms with Crippen molar-refractivity contribution in [3.8, 4) is 0 Å². The highest BCUT2D eigenvalue weighted by Crippen LogP contribution is 2.33. The van der Waals surface area contributed by atoms with Gasteiger partial charge in [-0.25, -0.2) is 0 Å². The van der Waals surface area contributed by atoms with E-state index in [1.54, 1.807) is 0 Å². The van der Waals surface area contributed by atoms with E-state index >= 15 is 0 Å². The number of rotatable bonds is 5. The van der Waals surface area contributed by atoms with Gasteiger partial charge in [-0.15, -0.1) is 10.2 Å². The van der Waals surface area contributed by atoms with Crippen LogP contribution in [0.2, 0.25) is 0 Å². The van der Waals surface area contributed by atoms with Crippen LogP contribution < -0.4 is 5.32 Å². The molecule has 23 heavy (non-hydrogen) atoms. The highest BCUT2D eigenvalue weighted by molar-refractivity contribution is 9.10. The molecule has 0 aliphatic heterocycles. The van der Waals surface area contributed by atoms with Gasteiger partial charge in [0, 0.05) is 23.1 Å². The summed E-state index contributed by atoms with van der Waals surface area (Å²) >= 11 is 4.80. The molecule has 1 heterocycles. The molecule has 0 bridgehead atoms. The Kier molecular flexibility index (Phi) is 5.38. The first-order chi connectivity index (χ1) is 11.1. The van der Waals surface area contributed by atoms with Crippen molar-refractivity contribution >= 4 is 39.3 Å². The third-order valence-corrected chi connectivity index (χ3v) is 5.60. The third kappa shape index (κ3) is 4.14. The molecule has 3 rings (SSSR count). The molecule has 1 fully saturated rings. The molecule has 1 aromatic carbocycles. The van der Waals surface area contributed by atoms with Crippen molar-refractivity contribution in [3.05, 3.63) is 34.6 Å². The summed E-state index contributed by atoms with van der Waals surface area (Å²) in [4.78, 5) is 12.0. The van der Waals surface area contributed by atoms with Crippen molar-refractivity contribution in [1.29, 1.82) is 0 Å². The monoisotopic (exact) mass is 394 g/mol. The second-order valence-electron chi connectivity index (χ2n) is 5.72. The molecule has 1 aliphatic rings. The maximum absolute atomic E-state index is 12.0. The summed E-state index contributed by atoms with van der Waals surface area (Å²) in [6.45, 7) is 0. The summed E-state index contributed by atoms with van der Waals surface area (Å²) in [6.07, 6.45) is 4.94. The molecule has 122 valence electrons. The van der Waals surface area contributed by atoms with E-state index in [9.17, 15) is 4.79 Å². The maximum Gasteiger partial charge on any atom is 0.234 e. The summed E-state index contributed by atoms with van der Waals surface area (Å²) in [7, 11) is 1.99. The highest BCUT2D eigenvalue weighted by Gasteiger charge is 2.23. The molecule has 0 spiro atoms. The number of nitrogens with one attached hydrogen (secondary N) is 1. The summed E-state index contributed by atoms with van der Waals surface area (Å²) in [5, 5.41) is 12.3. The van der Waals surface area contributed by atoms with Crippen molar-refractivity contribution in [1.82, 2.24) is 14.8 Å². The Morgan fingerprint density at radius 2 is 2.00 bits per heavy atom. The number of thioether (sulfide) groups is 1. The molecule has 1 amide bonds.